The van der Waals surface area contributed by atoms with Gasteiger partial charge in [0.15, 0.2) is 11.6 Å². The first-order chi connectivity index (χ1) is 9.45. The molecule has 0 radical (unpaired) electrons. The largest absolute Gasteiger partial charge is 0.329 e. The van der Waals surface area contributed by atoms with Crippen LogP contribution >= 0.6 is 0 Å². The van der Waals surface area contributed by atoms with Crippen LogP contribution in [0.15, 0.2) is 23.1 Å². The van der Waals surface area contributed by atoms with Crippen molar-refractivity contribution in [3.63, 3.8) is 0 Å². The van der Waals surface area contributed by atoms with Crippen LogP contribution in [0.3, 0.4) is 0 Å². The number of halogens is 2. The number of rotatable bonds is 5. The van der Waals surface area contributed by atoms with Gasteiger partial charge in [-0.05, 0) is 30.9 Å². The van der Waals surface area contributed by atoms with Crippen LogP contribution in [0.5, 0.6) is 0 Å². The first-order valence-corrected chi connectivity index (χ1v) is 8.10. The third-order valence-corrected chi connectivity index (χ3v) is 5.24. The van der Waals surface area contributed by atoms with Crippen molar-refractivity contribution in [2.24, 2.45) is 11.7 Å². The Morgan fingerprint density at radius 3 is 2.55 bits per heavy atom. The highest BCUT2D eigenvalue weighted by Crippen LogP contribution is 2.28. The smallest absolute Gasteiger partial charge is 0.243 e. The summed E-state index contributed by atoms with van der Waals surface area (Å²) in [7, 11) is -4.11. The Hall–Kier alpha value is -1.05. The molecule has 4 nitrogen and oxygen atoms in total. The Morgan fingerprint density at radius 2 is 1.95 bits per heavy atom. The lowest BCUT2D eigenvalue weighted by molar-refractivity contribution is 0.403. The summed E-state index contributed by atoms with van der Waals surface area (Å²) >= 11 is 0. The molecule has 2 rings (SSSR count). The molecular formula is C13H18F2N2O2S. The molecule has 1 aromatic carbocycles. The molecule has 0 aliphatic heterocycles. The SMILES string of the molecule is NCC(NS(=O)(=O)c1cccc(F)c1F)C1CCCC1. The first-order valence-electron chi connectivity index (χ1n) is 6.62. The van der Waals surface area contributed by atoms with E-state index in [1.54, 1.807) is 0 Å². The lowest BCUT2D eigenvalue weighted by atomic mass is 9.99. The van der Waals surface area contributed by atoms with Crippen molar-refractivity contribution in [1.29, 1.82) is 0 Å². The van der Waals surface area contributed by atoms with Crippen LogP contribution in [-0.2, 0) is 10.0 Å². The summed E-state index contributed by atoms with van der Waals surface area (Å²) in [6.45, 7) is 0.140. The number of hydrogen-bond donors (Lipinski definition) is 2. The fraction of sp³-hybridized carbons (Fsp3) is 0.538. The standard InChI is InChI=1S/C13H18F2N2O2S/c14-10-6-3-7-12(13(10)15)20(18,19)17-11(8-16)9-4-1-2-5-9/h3,6-7,9,11,17H,1-2,4-5,8,16H2. The third kappa shape index (κ3) is 3.16. The van der Waals surface area contributed by atoms with Gasteiger partial charge in [0.2, 0.25) is 10.0 Å². The van der Waals surface area contributed by atoms with E-state index >= 15 is 0 Å². The van der Waals surface area contributed by atoms with Crippen LogP contribution in [0.1, 0.15) is 25.7 Å². The molecule has 1 atom stereocenters. The topological polar surface area (TPSA) is 72.2 Å². The van der Waals surface area contributed by atoms with Crippen LogP contribution < -0.4 is 10.5 Å². The van der Waals surface area contributed by atoms with E-state index in [9.17, 15) is 17.2 Å². The van der Waals surface area contributed by atoms with Crippen LogP contribution in [0.4, 0.5) is 8.78 Å². The van der Waals surface area contributed by atoms with Gasteiger partial charge in [-0.25, -0.2) is 21.9 Å². The monoisotopic (exact) mass is 304 g/mol. The molecule has 0 heterocycles. The Bertz CT molecular complexity index is 572. The molecule has 3 N–H and O–H groups in total. The number of nitrogens with two attached hydrogens (primary N) is 1. The minimum Gasteiger partial charge on any atom is -0.329 e. The number of nitrogens with one attached hydrogen (secondary N) is 1. The van der Waals surface area contributed by atoms with E-state index in [0.29, 0.717) is 0 Å². The van der Waals surface area contributed by atoms with Gasteiger partial charge in [-0.2, -0.15) is 0 Å². The van der Waals surface area contributed by atoms with Crippen molar-refractivity contribution in [1.82, 2.24) is 4.72 Å². The molecule has 1 aromatic rings. The van der Waals surface area contributed by atoms with Crippen molar-refractivity contribution in [3.8, 4) is 0 Å². The minimum atomic E-state index is -4.11. The number of sulfonamides is 1. The van der Waals surface area contributed by atoms with Crippen molar-refractivity contribution < 1.29 is 17.2 Å². The number of hydrogen-bond acceptors (Lipinski definition) is 3. The molecule has 1 fully saturated rings. The lowest BCUT2D eigenvalue weighted by Gasteiger charge is -2.23. The molecule has 0 aromatic heterocycles. The van der Waals surface area contributed by atoms with Gasteiger partial charge in [0.1, 0.15) is 4.90 Å². The molecule has 0 spiro atoms. The van der Waals surface area contributed by atoms with E-state index in [1.807, 2.05) is 0 Å². The Kier molecular flexibility index (Phi) is 4.72. The Morgan fingerprint density at radius 1 is 1.30 bits per heavy atom. The molecule has 1 aliphatic carbocycles. The highest BCUT2D eigenvalue weighted by atomic mass is 32.2. The van der Waals surface area contributed by atoms with E-state index in [4.69, 9.17) is 5.73 Å². The molecule has 0 amide bonds. The quantitative estimate of drug-likeness (QED) is 0.870. The summed E-state index contributed by atoms with van der Waals surface area (Å²) in [5, 5.41) is 0. The first kappa shape index (κ1) is 15.3. The summed E-state index contributed by atoms with van der Waals surface area (Å²) in [6, 6.07) is 2.65. The summed E-state index contributed by atoms with van der Waals surface area (Å²) in [6.07, 6.45) is 3.88. The maximum Gasteiger partial charge on any atom is 0.243 e. The van der Waals surface area contributed by atoms with Crippen molar-refractivity contribution in [3.05, 3.63) is 29.8 Å². The van der Waals surface area contributed by atoms with Crippen molar-refractivity contribution in [2.75, 3.05) is 6.54 Å². The van der Waals surface area contributed by atoms with Gasteiger partial charge in [0.05, 0.1) is 0 Å². The van der Waals surface area contributed by atoms with Crippen LogP contribution in [0, 0.1) is 17.6 Å². The Balaban J connectivity index is 2.23. The highest BCUT2D eigenvalue weighted by Gasteiger charge is 2.30. The normalized spacial score (nSPS) is 18.4. The zero-order chi connectivity index (χ0) is 14.8. The van der Waals surface area contributed by atoms with Crippen molar-refractivity contribution in [2.45, 2.75) is 36.6 Å². The summed E-state index contributed by atoms with van der Waals surface area (Å²) in [4.78, 5) is -0.672. The lowest BCUT2D eigenvalue weighted by Crippen LogP contribution is -2.44. The molecule has 1 saturated carbocycles. The predicted molar refractivity (Wildman–Crippen MR) is 71.5 cm³/mol. The molecule has 1 aliphatic rings. The molecule has 20 heavy (non-hydrogen) atoms. The second-order valence-corrected chi connectivity index (χ2v) is 6.74. The molecule has 7 heteroatoms. The molecule has 112 valence electrons. The van der Waals surface area contributed by atoms with Gasteiger partial charge >= 0.3 is 0 Å². The maximum atomic E-state index is 13.6. The Labute approximate surface area is 117 Å². The minimum absolute atomic E-state index is 0.140. The van der Waals surface area contributed by atoms with Gasteiger partial charge in [-0.1, -0.05) is 18.9 Å². The van der Waals surface area contributed by atoms with E-state index in [0.717, 1.165) is 37.8 Å². The van der Waals surface area contributed by atoms with Crippen LogP contribution in [0.25, 0.3) is 0 Å². The summed E-state index contributed by atoms with van der Waals surface area (Å²) < 4.78 is 53.5. The molecule has 0 bridgehead atoms. The van der Waals surface area contributed by atoms with E-state index < -0.39 is 32.6 Å². The fourth-order valence-electron chi connectivity index (χ4n) is 2.65. The zero-order valence-corrected chi connectivity index (χ0v) is 11.8. The average Bonchev–Trinajstić information content (AvgIpc) is 2.93. The fourth-order valence-corrected chi connectivity index (χ4v) is 4.06. The summed E-state index contributed by atoms with van der Waals surface area (Å²) in [5.41, 5.74) is 5.61. The van der Waals surface area contributed by atoms with E-state index in [2.05, 4.69) is 4.72 Å². The third-order valence-electron chi connectivity index (χ3n) is 3.74. The average molecular weight is 304 g/mol. The van der Waals surface area contributed by atoms with Crippen molar-refractivity contribution >= 4 is 10.0 Å². The predicted octanol–water partition coefficient (Wildman–Crippen LogP) is 1.76. The van der Waals surface area contributed by atoms with Gasteiger partial charge in [-0.3, -0.25) is 0 Å². The van der Waals surface area contributed by atoms with E-state index in [-0.39, 0.29) is 12.5 Å². The number of benzene rings is 1. The zero-order valence-electron chi connectivity index (χ0n) is 11.0. The second-order valence-electron chi connectivity index (χ2n) is 5.06. The van der Waals surface area contributed by atoms with Gasteiger partial charge < -0.3 is 5.73 Å². The van der Waals surface area contributed by atoms with Gasteiger partial charge in [0, 0.05) is 12.6 Å². The molecule has 0 saturated heterocycles. The highest BCUT2D eigenvalue weighted by molar-refractivity contribution is 7.89. The van der Waals surface area contributed by atoms with Crippen LogP contribution in [-0.4, -0.2) is 21.0 Å². The summed E-state index contributed by atoms with van der Waals surface area (Å²) in [5.74, 6) is -2.38. The maximum absolute atomic E-state index is 13.6. The van der Waals surface area contributed by atoms with E-state index in [1.165, 1.54) is 6.07 Å². The van der Waals surface area contributed by atoms with Gasteiger partial charge in [-0.15, -0.1) is 0 Å². The second kappa shape index (κ2) is 6.15. The van der Waals surface area contributed by atoms with Gasteiger partial charge in [0.25, 0.3) is 0 Å². The molecular weight excluding hydrogens is 286 g/mol. The van der Waals surface area contributed by atoms with Crippen LogP contribution in [0.2, 0.25) is 0 Å². The molecule has 1 unspecified atom stereocenters.